The van der Waals surface area contributed by atoms with E-state index >= 15 is 0 Å². The largest absolute Gasteiger partial charge is 0.462 e. The van der Waals surface area contributed by atoms with Crippen molar-refractivity contribution < 1.29 is 14.3 Å². The van der Waals surface area contributed by atoms with Gasteiger partial charge in [-0.2, -0.15) is 10.1 Å². The molecule has 0 radical (unpaired) electrons. The molecule has 1 heterocycles. The second-order valence-electron chi connectivity index (χ2n) is 4.86. The third kappa shape index (κ3) is 5.47. The molecule has 0 aliphatic rings. The summed E-state index contributed by atoms with van der Waals surface area (Å²) >= 11 is 0. The van der Waals surface area contributed by atoms with Gasteiger partial charge in [0, 0.05) is 25.9 Å². The van der Waals surface area contributed by atoms with Crippen LogP contribution in [0.5, 0.6) is 0 Å². The molecule has 8 nitrogen and oxygen atoms in total. The zero-order valence-electron chi connectivity index (χ0n) is 13.8. The Balaban J connectivity index is 1.94. The first kappa shape index (κ1) is 17.6. The monoisotopic (exact) mass is 331 g/mol. The van der Waals surface area contributed by atoms with E-state index in [4.69, 9.17) is 9.47 Å². The lowest BCUT2D eigenvalue weighted by atomic mass is 10.2. The molecule has 24 heavy (non-hydrogen) atoms. The number of hydrogen-bond acceptors (Lipinski definition) is 8. The van der Waals surface area contributed by atoms with Crippen molar-refractivity contribution in [1.82, 2.24) is 15.2 Å². The van der Waals surface area contributed by atoms with E-state index in [0.29, 0.717) is 30.5 Å². The molecule has 0 amide bonds. The topological polar surface area (TPSA) is 98.3 Å². The van der Waals surface area contributed by atoms with Crippen molar-refractivity contribution in [2.45, 2.75) is 13.3 Å². The number of anilines is 3. The van der Waals surface area contributed by atoms with Crippen LogP contribution in [-0.2, 0) is 9.47 Å². The maximum Gasteiger partial charge on any atom is 0.338 e. The number of aromatic nitrogens is 3. The molecule has 0 bridgehead atoms. The van der Waals surface area contributed by atoms with Crippen LogP contribution in [0.3, 0.4) is 0 Å². The van der Waals surface area contributed by atoms with E-state index in [0.717, 1.165) is 18.7 Å². The number of nitrogens with zero attached hydrogens (tertiary/aromatic N) is 3. The van der Waals surface area contributed by atoms with Crippen molar-refractivity contribution in [1.29, 1.82) is 0 Å². The lowest BCUT2D eigenvalue weighted by molar-refractivity contribution is 0.0526. The maximum atomic E-state index is 11.6. The second-order valence-corrected chi connectivity index (χ2v) is 4.86. The van der Waals surface area contributed by atoms with Crippen LogP contribution < -0.4 is 10.6 Å². The Bertz CT molecular complexity index is 648. The fraction of sp³-hybridized carbons (Fsp3) is 0.375. The van der Waals surface area contributed by atoms with Crippen LogP contribution in [0.25, 0.3) is 0 Å². The maximum absolute atomic E-state index is 11.6. The van der Waals surface area contributed by atoms with Gasteiger partial charge in [-0.15, -0.1) is 5.10 Å². The highest BCUT2D eigenvalue weighted by molar-refractivity contribution is 5.89. The quantitative estimate of drug-likeness (QED) is 0.533. The Hall–Kier alpha value is -2.74. The van der Waals surface area contributed by atoms with Gasteiger partial charge >= 0.3 is 5.97 Å². The number of nitrogens with one attached hydrogen (secondary N) is 2. The molecule has 0 fully saturated rings. The Morgan fingerprint density at radius 2 is 2.04 bits per heavy atom. The summed E-state index contributed by atoms with van der Waals surface area (Å²) in [6.07, 6.45) is 2.43. The van der Waals surface area contributed by atoms with Crippen LogP contribution in [0, 0.1) is 0 Å². The predicted octanol–water partition coefficient (Wildman–Crippen LogP) is 2.24. The smallest absolute Gasteiger partial charge is 0.338 e. The summed E-state index contributed by atoms with van der Waals surface area (Å²) in [5.74, 6) is 0.659. The molecule has 1 aromatic carbocycles. The molecular formula is C16H21N5O3. The minimum atomic E-state index is -0.343. The summed E-state index contributed by atoms with van der Waals surface area (Å²) < 4.78 is 9.94. The van der Waals surface area contributed by atoms with Gasteiger partial charge in [-0.3, -0.25) is 0 Å². The van der Waals surface area contributed by atoms with Crippen molar-refractivity contribution in [3.8, 4) is 0 Å². The number of esters is 1. The SMILES string of the molecule is CCOC(=O)c1ccc(Nc2nncc(NCCCOC)n2)cc1. The molecule has 2 rings (SSSR count). The highest BCUT2D eigenvalue weighted by Gasteiger charge is 2.06. The molecule has 0 saturated heterocycles. The van der Waals surface area contributed by atoms with Crippen LogP contribution in [-0.4, -0.2) is 48.0 Å². The van der Waals surface area contributed by atoms with Gasteiger partial charge in [0.25, 0.3) is 0 Å². The lowest BCUT2D eigenvalue weighted by Gasteiger charge is -2.08. The Kier molecular flexibility index (Phi) is 6.91. The normalized spacial score (nSPS) is 10.2. The van der Waals surface area contributed by atoms with Gasteiger partial charge in [0.2, 0.25) is 5.95 Å². The fourth-order valence-electron chi connectivity index (χ4n) is 1.91. The summed E-state index contributed by atoms with van der Waals surface area (Å²) in [7, 11) is 1.67. The molecule has 0 atom stereocenters. The average Bonchev–Trinajstić information content (AvgIpc) is 2.60. The highest BCUT2D eigenvalue weighted by Crippen LogP contribution is 2.15. The Labute approximate surface area is 140 Å². The Morgan fingerprint density at radius 1 is 1.25 bits per heavy atom. The van der Waals surface area contributed by atoms with Crippen molar-refractivity contribution in [2.24, 2.45) is 0 Å². The summed E-state index contributed by atoms with van der Waals surface area (Å²) in [5, 5.41) is 14.0. The number of hydrogen-bond donors (Lipinski definition) is 2. The number of carbonyl (C=O) groups is 1. The van der Waals surface area contributed by atoms with E-state index in [9.17, 15) is 4.79 Å². The molecule has 128 valence electrons. The second kappa shape index (κ2) is 9.41. The summed E-state index contributed by atoms with van der Waals surface area (Å²) in [6, 6.07) is 6.88. The van der Waals surface area contributed by atoms with E-state index in [1.807, 2.05) is 0 Å². The average molecular weight is 331 g/mol. The molecule has 0 saturated carbocycles. The van der Waals surface area contributed by atoms with E-state index in [1.54, 1.807) is 44.5 Å². The van der Waals surface area contributed by atoms with Crippen molar-refractivity contribution in [2.75, 3.05) is 37.5 Å². The third-order valence-corrected chi connectivity index (χ3v) is 3.04. The van der Waals surface area contributed by atoms with Crippen LogP contribution in [0.2, 0.25) is 0 Å². The molecule has 1 aromatic heterocycles. The number of carbonyl (C=O) groups excluding carboxylic acids is 1. The van der Waals surface area contributed by atoms with Crippen LogP contribution >= 0.6 is 0 Å². The van der Waals surface area contributed by atoms with Crippen molar-refractivity contribution in [3.63, 3.8) is 0 Å². The number of methoxy groups -OCH3 is 1. The number of ether oxygens (including phenoxy) is 2. The Morgan fingerprint density at radius 3 is 2.75 bits per heavy atom. The molecule has 0 unspecified atom stereocenters. The van der Waals surface area contributed by atoms with Crippen LogP contribution in [0.4, 0.5) is 17.5 Å². The van der Waals surface area contributed by atoms with Crippen molar-refractivity contribution >= 4 is 23.4 Å². The molecule has 0 aliphatic carbocycles. The fourth-order valence-corrected chi connectivity index (χ4v) is 1.91. The predicted molar refractivity (Wildman–Crippen MR) is 90.5 cm³/mol. The van der Waals surface area contributed by atoms with E-state index < -0.39 is 0 Å². The van der Waals surface area contributed by atoms with Crippen LogP contribution in [0.15, 0.2) is 30.5 Å². The lowest BCUT2D eigenvalue weighted by Crippen LogP contribution is -2.08. The minimum Gasteiger partial charge on any atom is -0.462 e. The summed E-state index contributed by atoms with van der Waals surface area (Å²) in [5.41, 5.74) is 1.25. The van der Waals surface area contributed by atoms with Gasteiger partial charge in [0.15, 0.2) is 5.82 Å². The zero-order valence-corrected chi connectivity index (χ0v) is 13.8. The molecular weight excluding hydrogens is 310 g/mol. The van der Waals surface area contributed by atoms with Crippen LogP contribution in [0.1, 0.15) is 23.7 Å². The van der Waals surface area contributed by atoms with Crippen molar-refractivity contribution in [3.05, 3.63) is 36.0 Å². The zero-order chi connectivity index (χ0) is 17.2. The molecule has 8 heteroatoms. The van der Waals surface area contributed by atoms with Gasteiger partial charge < -0.3 is 20.1 Å². The minimum absolute atomic E-state index is 0.343. The standard InChI is InChI=1S/C16H21N5O3/c1-3-24-15(22)12-5-7-13(8-6-12)19-16-20-14(11-18-21-16)17-9-4-10-23-2/h5-8,11H,3-4,9-10H2,1-2H3,(H2,17,19,20,21). The molecule has 0 spiro atoms. The third-order valence-electron chi connectivity index (χ3n) is 3.04. The first-order chi connectivity index (χ1) is 11.7. The van der Waals surface area contributed by atoms with E-state index in [2.05, 4.69) is 25.8 Å². The number of benzene rings is 1. The van der Waals surface area contributed by atoms with Gasteiger partial charge in [0.1, 0.15) is 0 Å². The highest BCUT2D eigenvalue weighted by atomic mass is 16.5. The molecule has 2 aromatic rings. The summed E-state index contributed by atoms with van der Waals surface area (Å²) in [4.78, 5) is 15.9. The summed E-state index contributed by atoms with van der Waals surface area (Å²) in [6.45, 7) is 3.54. The first-order valence-corrected chi connectivity index (χ1v) is 7.69. The first-order valence-electron chi connectivity index (χ1n) is 7.69. The van der Waals surface area contributed by atoms with E-state index in [1.165, 1.54) is 0 Å². The molecule has 0 aliphatic heterocycles. The van der Waals surface area contributed by atoms with Gasteiger partial charge in [-0.25, -0.2) is 4.79 Å². The van der Waals surface area contributed by atoms with Gasteiger partial charge in [-0.1, -0.05) is 0 Å². The van der Waals surface area contributed by atoms with Gasteiger partial charge in [-0.05, 0) is 37.6 Å². The number of rotatable bonds is 9. The molecule has 2 N–H and O–H groups in total. The van der Waals surface area contributed by atoms with E-state index in [-0.39, 0.29) is 5.97 Å². The van der Waals surface area contributed by atoms with Gasteiger partial charge in [0.05, 0.1) is 18.4 Å².